The third-order valence-corrected chi connectivity index (χ3v) is 5.27. The Labute approximate surface area is 182 Å². The molecular weight excluding hydrogens is 406 g/mol. The highest BCUT2D eigenvalue weighted by atomic mass is 19.3. The maximum atomic E-state index is 14.4. The first-order valence-corrected chi connectivity index (χ1v) is 10.7. The van der Waals surface area contributed by atoms with E-state index in [2.05, 4.69) is 5.32 Å². The van der Waals surface area contributed by atoms with Crippen molar-refractivity contribution in [3.8, 4) is 0 Å². The third kappa shape index (κ3) is 6.74. The molecule has 1 saturated heterocycles. The van der Waals surface area contributed by atoms with E-state index in [1.54, 1.807) is 27.7 Å². The number of nitrogens with zero attached hydrogens (tertiary/aromatic N) is 1. The molecule has 1 aromatic carbocycles. The summed E-state index contributed by atoms with van der Waals surface area (Å²) >= 11 is 0. The molecule has 1 N–H and O–H groups in total. The van der Waals surface area contributed by atoms with Crippen molar-refractivity contribution in [3.05, 3.63) is 35.9 Å². The van der Waals surface area contributed by atoms with Gasteiger partial charge in [-0.3, -0.25) is 14.5 Å². The Morgan fingerprint density at radius 1 is 1.16 bits per heavy atom. The SMILES string of the molecule is CC(C)CC(F)(F)C(=O)C(NC(=O)C1CCCN1C(=O)OCc1ccccc1)C(C)C. The fourth-order valence-corrected chi connectivity index (χ4v) is 3.69. The Bertz CT molecular complexity index is 768. The first-order chi connectivity index (χ1) is 14.5. The summed E-state index contributed by atoms with van der Waals surface area (Å²) in [7, 11) is 0. The number of carbonyl (C=O) groups excluding carboxylic acids is 3. The number of carbonyl (C=O) groups is 3. The summed E-state index contributed by atoms with van der Waals surface area (Å²) in [5, 5.41) is 2.48. The molecule has 0 spiro atoms. The molecule has 31 heavy (non-hydrogen) atoms. The van der Waals surface area contributed by atoms with E-state index in [4.69, 9.17) is 4.74 Å². The summed E-state index contributed by atoms with van der Waals surface area (Å²) in [5.41, 5.74) is 0.814. The van der Waals surface area contributed by atoms with Crippen molar-refractivity contribution in [2.24, 2.45) is 11.8 Å². The van der Waals surface area contributed by atoms with Crippen molar-refractivity contribution in [2.45, 2.75) is 71.6 Å². The fourth-order valence-electron chi connectivity index (χ4n) is 3.69. The lowest BCUT2D eigenvalue weighted by molar-refractivity contribution is -0.150. The number of rotatable bonds is 9. The number of likely N-dealkylation sites (tertiary alicyclic amines) is 1. The maximum absolute atomic E-state index is 14.4. The van der Waals surface area contributed by atoms with E-state index >= 15 is 0 Å². The monoisotopic (exact) mass is 438 g/mol. The largest absolute Gasteiger partial charge is 0.445 e. The Balaban J connectivity index is 2.03. The van der Waals surface area contributed by atoms with Crippen LogP contribution in [0.25, 0.3) is 0 Å². The van der Waals surface area contributed by atoms with Gasteiger partial charge in [0.1, 0.15) is 12.6 Å². The van der Waals surface area contributed by atoms with E-state index in [9.17, 15) is 23.2 Å². The van der Waals surface area contributed by atoms with Gasteiger partial charge in [0.2, 0.25) is 11.7 Å². The second-order valence-electron chi connectivity index (χ2n) is 8.79. The first-order valence-electron chi connectivity index (χ1n) is 10.7. The topological polar surface area (TPSA) is 75.7 Å². The van der Waals surface area contributed by atoms with Crippen LogP contribution in [0.15, 0.2) is 30.3 Å². The second-order valence-corrected chi connectivity index (χ2v) is 8.79. The highest BCUT2D eigenvalue weighted by Gasteiger charge is 2.46. The van der Waals surface area contributed by atoms with Crippen LogP contribution in [0.1, 0.15) is 52.5 Å². The molecule has 1 aliphatic rings. The van der Waals surface area contributed by atoms with Crippen LogP contribution in [-0.4, -0.2) is 47.2 Å². The Morgan fingerprint density at radius 3 is 2.39 bits per heavy atom. The normalized spacial score (nSPS) is 17.7. The van der Waals surface area contributed by atoms with E-state index in [0.717, 1.165) is 5.56 Å². The van der Waals surface area contributed by atoms with Crippen molar-refractivity contribution in [2.75, 3.05) is 6.54 Å². The number of nitrogens with one attached hydrogen (secondary N) is 1. The predicted molar refractivity (Wildman–Crippen MR) is 113 cm³/mol. The van der Waals surface area contributed by atoms with Crippen molar-refractivity contribution >= 4 is 17.8 Å². The van der Waals surface area contributed by atoms with Crippen LogP contribution in [0.5, 0.6) is 0 Å². The molecule has 0 saturated carbocycles. The van der Waals surface area contributed by atoms with Crippen LogP contribution >= 0.6 is 0 Å². The molecule has 2 unspecified atom stereocenters. The summed E-state index contributed by atoms with van der Waals surface area (Å²) in [6, 6.07) is 6.96. The van der Waals surface area contributed by atoms with Gasteiger partial charge in [0, 0.05) is 13.0 Å². The smallest absolute Gasteiger partial charge is 0.410 e. The molecule has 0 aliphatic carbocycles. The summed E-state index contributed by atoms with van der Waals surface area (Å²) in [5.74, 6) is -6.32. The zero-order valence-corrected chi connectivity index (χ0v) is 18.6. The van der Waals surface area contributed by atoms with E-state index in [0.29, 0.717) is 19.4 Å². The van der Waals surface area contributed by atoms with Gasteiger partial charge in [0.05, 0.1) is 6.04 Å². The number of amides is 2. The van der Waals surface area contributed by atoms with Crippen LogP contribution in [0.2, 0.25) is 0 Å². The Hall–Kier alpha value is -2.51. The van der Waals surface area contributed by atoms with Crippen molar-refractivity contribution < 1.29 is 27.9 Å². The van der Waals surface area contributed by atoms with Gasteiger partial charge in [-0.15, -0.1) is 0 Å². The molecule has 6 nitrogen and oxygen atoms in total. The molecular formula is C23H32F2N2O4. The summed E-state index contributed by atoms with van der Waals surface area (Å²) in [4.78, 5) is 39.1. The van der Waals surface area contributed by atoms with Crippen molar-refractivity contribution in [1.82, 2.24) is 10.2 Å². The van der Waals surface area contributed by atoms with E-state index in [1.807, 2.05) is 30.3 Å². The number of Topliss-reactive ketones (excluding diaryl/α,β-unsaturated/α-hetero) is 1. The lowest BCUT2D eigenvalue weighted by Gasteiger charge is -2.29. The van der Waals surface area contributed by atoms with Crippen LogP contribution in [-0.2, 0) is 20.9 Å². The molecule has 2 amide bonds. The van der Waals surface area contributed by atoms with Gasteiger partial charge in [-0.25, -0.2) is 4.79 Å². The molecule has 0 aromatic heterocycles. The number of benzene rings is 1. The number of halogens is 2. The van der Waals surface area contributed by atoms with Gasteiger partial charge in [-0.05, 0) is 30.2 Å². The Kier molecular flexibility index (Phi) is 8.53. The molecule has 2 rings (SSSR count). The van der Waals surface area contributed by atoms with Gasteiger partial charge < -0.3 is 10.1 Å². The molecule has 1 fully saturated rings. The molecule has 1 aliphatic heterocycles. The number of hydrogen-bond acceptors (Lipinski definition) is 4. The zero-order valence-electron chi connectivity index (χ0n) is 18.6. The average Bonchev–Trinajstić information content (AvgIpc) is 3.19. The van der Waals surface area contributed by atoms with Crippen LogP contribution in [0.4, 0.5) is 13.6 Å². The minimum atomic E-state index is -3.53. The summed E-state index contributed by atoms with van der Waals surface area (Å²) in [6.07, 6.45) is -0.249. The number of ketones is 1. The van der Waals surface area contributed by atoms with E-state index in [-0.39, 0.29) is 12.5 Å². The van der Waals surface area contributed by atoms with Gasteiger partial charge in [0.25, 0.3) is 0 Å². The standard InChI is InChI=1S/C23H32F2N2O4/c1-15(2)13-23(24,25)20(28)19(16(3)4)26-21(29)18-11-8-12-27(18)22(30)31-14-17-9-6-5-7-10-17/h5-7,9-10,15-16,18-19H,8,11-14H2,1-4H3,(H,26,29). The van der Waals surface area contributed by atoms with E-state index in [1.165, 1.54) is 4.90 Å². The molecule has 0 radical (unpaired) electrons. The molecule has 2 atom stereocenters. The predicted octanol–water partition coefficient (Wildman–Crippen LogP) is 4.18. The van der Waals surface area contributed by atoms with Gasteiger partial charge >= 0.3 is 12.0 Å². The third-order valence-electron chi connectivity index (χ3n) is 5.27. The number of hydrogen-bond donors (Lipinski definition) is 1. The van der Waals surface area contributed by atoms with Gasteiger partial charge in [0.15, 0.2) is 0 Å². The van der Waals surface area contributed by atoms with Crippen LogP contribution < -0.4 is 5.32 Å². The van der Waals surface area contributed by atoms with Crippen LogP contribution in [0, 0.1) is 11.8 Å². The molecule has 172 valence electrons. The fraction of sp³-hybridized carbons (Fsp3) is 0.609. The lowest BCUT2D eigenvalue weighted by Crippen LogP contribution is -2.55. The van der Waals surface area contributed by atoms with E-state index < -0.39 is 48.1 Å². The van der Waals surface area contributed by atoms with Crippen molar-refractivity contribution in [3.63, 3.8) is 0 Å². The molecule has 1 heterocycles. The maximum Gasteiger partial charge on any atom is 0.410 e. The highest BCUT2D eigenvalue weighted by Crippen LogP contribution is 2.28. The molecule has 0 bridgehead atoms. The first kappa shape index (κ1) is 24.8. The number of alkyl halides is 2. The minimum absolute atomic E-state index is 0.0685. The summed E-state index contributed by atoms with van der Waals surface area (Å²) < 4.78 is 34.1. The van der Waals surface area contributed by atoms with Gasteiger partial charge in [-0.1, -0.05) is 58.0 Å². The average molecular weight is 439 g/mol. The number of ether oxygens (including phenoxy) is 1. The summed E-state index contributed by atoms with van der Waals surface area (Å²) in [6.45, 7) is 6.83. The van der Waals surface area contributed by atoms with Crippen molar-refractivity contribution in [1.29, 1.82) is 0 Å². The molecule has 1 aromatic rings. The minimum Gasteiger partial charge on any atom is -0.445 e. The lowest BCUT2D eigenvalue weighted by atomic mass is 9.91. The zero-order chi connectivity index (χ0) is 23.2. The Morgan fingerprint density at radius 2 is 1.81 bits per heavy atom. The quantitative estimate of drug-likeness (QED) is 0.628. The molecule has 8 heteroatoms. The highest BCUT2D eigenvalue weighted by molar-refractivity contribution is 5.95. The second kappa shape index (κ2) is 10.7. The van der Waals surface area contributed by atoms with Crippen LogP contribution in [0.3, 0.4) is 0 Å². The van der Waals surface area contributed by atoms with Gasteiger partial charge in [-0.2, -0.15) is 8.78 Å².